The van der Waals surface area contributed by atoms with Crippen molar-refractivity contribution in [2.75, 3.05) is 0 Å². The number of rotatable bonds is 4. The molecule has 0 saturated carbocycles. The number of aryl methyl sites for hydroxylation is 3. The van der Waals surface area contributed by atoms with Crippen molar-refractivity contribution in [1.29, 1.82) is 0 Å². The van der Waals surface area contributed by atoms with Crippen molar-refractivity contribution >= 4 is 17.1 Å². The van der Waals surface area contributed by atoms with Crippen molar-refractivity contribution in [3.8, 4) is 0 Å². The molecule has 3 aromatic heterocycles. The monoisotopic (exact) mass is 326 g/mol. The average molecular weight is 326 g/mol. The summed E-state index contributed by atoms with van der Waals surface area (Å²) in [5, 5.41) is 7.55. The molecule has 126 valence electrons. The first-order valence-electron chi connectivity index (χ1n) is 8.04. The van der Waals surface area contributed by atoms with E-state index in [1.54, 1.807) is 18.6 Å². The lowest BCUT2D eigenvalue weighted by Crippen LogP contribution is -2.27. The fraction of sp³-hybridized carbons (Fsp3) is 0.412. The van der Waals surface area contributed by atoms with E-state index < -0.39 is 0 Å². The number of nitrogens with one attached hydrogen (secondary N) is 1. The molecule has 0 aliphatic rings. The van der Waals surface area contributed by atoms with E-state index in [2.05, 4.69) is 27.3 Å². The van der Waals surface area contributed by atoms with Gasteiger partial charge in [0.15, 0.2) is 5.65 Å². The third kappa shape index (κ3) is 2.66. The Labute approximate surface area is 140 Å². The minimum absolute atomic E-state index is 0.128. The first kappa shape index (κ1) is 16.2. The molecule has 1 amide bonds. The zero-order chi connectivity index (χ0) is 17.4. The molecule has 7 heteroatoms. The molecule has 0 spiro atoms. The smallest absolute Gasteiger partial charge is 0.253 e. The summed E-state index contributed by atoms with van der Waals surface area (Å²) in [6.07, 6.45) is 3.27. The first-order valence-corrected chi connectivity index (χ1v) is 8.04. The maximum Gasteiger partial charge on any atom is 0.253 e. The number of carbonyl (C=O) groups excluding carboxylic acids is 1. The molecule has 3 rings (SSSR count). The normalized spacial score (nSPS) is 12.5. The standard InChI is InChI=1S/C17H22N6O/c1-6-23-12(4)15(11(3)21-23)10(2)20-17(24)13-7-14-16(18-8-13)22(5)9-19-14/h7-10H,6H2,1-5H3,(H,20,24). The minimum atomic E-state index is -0.161. The van der Waals surface area contributed by atoms with Gasteiger partial charge in [-0.2, -0.15) is 5.10 Å². The third-order valence-corrected chi connectivity index (χ3v) is 4.33. The van der Waals surface area contributed by atoms with Crippen LogP contribution in [0.5, 0.6) is 0 Å². The summed E-state index contributed by atoms with van der Waals surface area (Å²) in [5.41, 5.74) is 5.07. The number of amides is 1. The van der Waals surface area contributed by atoms with Gasteiger partial charge in [-0.25, -0.2) is 9.97 Å². The number of carbonyl (C=O) groups is 1. The molecular formula is C17H22N6O. The Hall–Kier alpha value is -2.70. The number of pyridine rings is 1. The van der Waals surface area contributed by atoms with Crippen LogP contribution in [0.25, 0.3) is 11.2 Å². The third-order valence-electron chi connectivity index (χ3n) is 4.33. The topological polar surface area (TPSA) is 77.6 Å². The van der Waals surface area contributed by atoms with E-state index in [-0.39, 0.29) is 11.9 Å². The fourth-order valence-electron chi connectivity index (χ4n) is 3.14. The van der Waals surface area contributed by atoms with Gasteiger partial charge in [0.2, 0.25) is 0 Å². The number of imidazole rings is 1. The SMILES string of the molecule is CCn1nc(C)c(C(C)NC(=O)c2cnc3c(c2)ncn3C)c1C. The summed E-state index contributed by atoms with van der Waals surface area (Å²) in [4.78, 5) is 21.1. The zero-order valence-electron chi connectivity index (χ0n) is 14.7. The van der Waals surface area contributed by atoms with Gasteiger partial charge in [-0.1, -0.05) is 0 Å². The lowest BCUT2D eigenvalue weighted by atomic mass is 10.1. The van der Waals surface area contributed by atoms with Crippen LogP contribution in [0.1, 0.15) is 47.2 Å². The average Bonchev–Trinajstić information content (AvgIpc) is 3.06. The van der Waals surface area contributed by atoms with E-state index in [1.165, 1.54) is 0 Å². The molecule has 0 aliphatic carbocycles. The van der Waals surface area contributed by atoms with Crippen molar-refractivity contribution < 1.29 is 4.79 Å². The van der Waals surface area contributed by atoms with Gasteiger partial charge < -0.3 is 9.88 Å². The highest BCUT2D eigenvalue weighted by Gasteiger charge is 2.20. The largest absolute Gasteiger partial charge is 0.345 e. The van der Waals surface area contributed by atoms with Crippen molar-refractivity contribution in [2.24, 2.45) is 7.05 Å². The highest BCUT2D eigenvalue weighted by molar-refractivity contribution is 5.96. The van der Waals surface area contributed by atoms with Gasteiger partial charge in [-0.3, -0.25) is 9.48 Å². The van der Waals surface area contributed by atoms with Gasteiger partial charge in [0, 0.05) is 31.0 Å². The van der Waals surface area contributed by atoms with Crippen LogP contribution in [0, 0.1) is 13.8 Å². The Morgan fingerprint density at radius 3 is 2.75 bits per heavy atom. The van der Waals surface area contributed by atoms with Gasteiger partial charge >= 0.3 is 0 Å². The number of aromatic nitrogens is 5. The molecule has 3 aromatic rings. The molecule has 0 bridgehead atoms. The van der Waals surface area contributed by atoms with Crippen LogP contribution in [0.15, 0.2) is 18.6 Å². The summed E-state index contributed by atoms with van der Waals surface area (Å²) in [5.74, 6) is -0.161. The Balaban J connectivity index is 1.84. The lowest BCUT2D eigenvalue weighted by Gasteiger charge is -2.15. The Bertz CT molecular complexity index is 907. The second-order valence-corrected chi connectivity index (χ2v) is 6.02. The summed E-state index contributed by atoms with van der Waals surface area (Å²) in [7, 11) is 1.88. The zero-order valence-corrected chi connectivity index (χ0v) is 14.7. The number of hydrogen-bond donors (Lipinski definition) is 1. The quantitative estimate of drug-likeness (QED) is 0.798. The summed E-state index contributed by atoms with van der Waals surface area (Å²) >= 11 is 0. The maximum atomic E-state index is 12.6. The van der Waals surface area contributed by atoms with E-state index in [0.717, 1.165) is 29.1 Å². The number of hydrogen-bond acceptors (Lipinski definition) is 4. The molecule has 3 heterocycles. The summed E-state index contributed by atoms with van der Waals surface area (Å²) in [6.45, 7) is 8.84. The molecule has 1 unspecified atom stereocenters. The Morgan fingerprint density at radius 2 is 2.08 bits per heavy atom. The van der Waals surface area contributed by atoms with E-state index in [4.69, 9.17) is 0 Å². The molecule has 0 aliphatic heterocycles. The van der Waals surface area contributed by atoms with E-state index >= 15 is 0 Å². The van der Waals surface area contributed by atoms with Crippen molar-refractivity contribution in [1.82, 2.24) is 29.6 Å². The fourth-order valence-corrected chi connectivity index (χ4v) is 3.14. The Morgan fingerprint density at radius 1 is 1.33 bits per heavy atom. The second-order valence-electron chi connectivity index (χ2n) is 6.02. The van der Waals surface area contributed by atoms with Crippen LogP contribution < -0.4 is 5.32 Å². The van der Waals surface area contributed by atoms with Crippen LogP contribution in [-0.4, -0.2) is 30.2 Å². The Kier molecular flexibility index (Phi) is 4.09. The van der Waals surface area contributed by atoms with Crippen LogP contribution in [0.3, 0.4) is 0 Å². The highest BCUT2D eigenvalue weighted by atomic mass is 16.1. The van der Waals surface area contributed by atoms with Crippen LogP contribution in [0.4, 0.5) is 0 Å². The molecule has 0 fully saturated rings. The first-order chi connectivity index (χ1) is 11.4. The number of fused-ring (bicyclic) bond motifs is 1. The molecule has 1 atom stereocenters. The molecule has 24 heavy (non-hydrogen) atoms. The maximum absolute atomic E-state index is 12.6. The van der Waals surface area contributed by atoms with Crippen LogP contribution >= 0.6 is 0 Å². The van der Waals surface area contributed by atoms with E-state index in [1.807, 2.05) is 37.1 Å². The molecule has 7 nitrogen and oxygen atoms in total. The summed E-state index contributed by atoms with van der Waals surface area (Å²) in [6, 6.07) is 1.64. The van der Waals surface area contributed by atoms with Gasteiger partial charge in [-0.05, 0) is 33.8 Å². The van der Waals surface area contributed by atoms with Gasteiger partial charge in [0.05, 0.1) is 23.6 Å². The van der Waals surface area contributed by atoms with Gasteiger partial charge in [-0.15, -0.1) is 0 Å². The molecule has 0 aromatic carbocycles. The number of nitrogens with zero attached hydrogens (tertiary/aromatic N) is 5. The van der Waals surface area contributed by atoms with Gasteiger partial charge in [0.1, 0.15) is 5.52 Å². The highest BCUT2D eigenvalue weighted by Crippen LogP contribution is 2.22. The van der Waals surface area contributed by atoms with E-state index in [0.29, 0.717) is 11.1 Å². The van der Waals surface area contributed by atoms with Crippen LogP contribution in [0.2, 0.25) is 0 Å². The molecule has 1 N–H and O–H groups in total. The van der Waals surface area contributed by atoms with E-state index in [9.17, 15) is 4.79 Å². The second kappa shape index (κ2) is 6.07. The van der Waals surface area contributed by atoms with Gasteiger partial charge in [0.25, 0.3) is 5.91 Å². The lowest BCUT2D eigenvalue weighted by molar-refractivity contribution is 0.0939. The van der Waals surface area contributed by atoms with Crippen molar-refractivity contribution in [3.05, 3.63) is 41.1 Å². The van der Waals surface area contributed by atoms with Crippen LogP contribution in [-0.2, 0) is 13.6 Å². The van der Waals surface area contributed by atoms with Crippen molar-refractivity contribution in [3.63, 3.8) is 0 Å². The molecular weight excluding hydrogens is 304 g/mol. The molecule has 0 saturated heterocycles. The summed E-state index contributed by atoms with van der Waals surface area (Å²) < 4.78 is 3.78. The predicted octanol–water partition coefficient (Wildman–Crippen LogP) is 2.29. The predicted molar refractivity (Wildman–Crippen MR) is 91.8 cm³/mol. The van der Waals surface area contributed by atoms with Crippen molar-refractivity contribution in [2.45, 2.75) is 40.3 Å². The minimum Gasteiger partial charge on any atom is -0.345 e. The molecule has 0 radical (unpaired) electrons.